The molecule has 5 aromatic rings. The van der Waals surface area contributed by atoms with Crippen LogP contribution in [-0.2, 0) is 4.79 Å². The van der Waals surface area contributed by atoms with Gasteiger partial charge >= 0.3 is 0 Å². The van der Waals surface area contributed by atoms with Crippen LogP contribution in [-0.4, -0.2) is 16.7 Å². The van der Waals surface area contributed by atoms with Crippen molar-refractivity contribution >= 4 is 46.3 Å². The van der Waals surface area contributed by atoms with Crippen LogP contribution in [0.4, 0.5) is 5.82 Å². The van der Waals surface area contributed by atoms with E-state index in [1.54, 1.807) is 16.7 Å². The molecule has 2 heterocycles. The molecule has 1 aliphatic rings. The first-order valence-corrected chi connectivity index (χ1v) is 12.2. The van der Waals surface area contributed by atoms with Crippen LogP contribution in [0.2, 0.25) is 0 Å². The fourth-order valence-corrected chi connectivity index (χ4v) is 5.02. The lowest BCUT2D eigenvalue weighted by Gasteiger charge is -2.16. The van der Waals surface area contributed by atoms with Crippen LogP contribution in [0.3, 0.4) is 0 Å². The van der Waals surface area contributed by atoms with Gasteiger partial charge in [0.25, 0.3) is 5.91 Å². The Balaban J connectivity index is 1.39. The predicted molar refractivity (Wildman–Crippen MR) is 144 cm³/mol. The Morgan fingerprint density at radius 2 is 1.43 bits per heavy atom. The van der Waals surface area contributed by atoms with Gasteiger partial charge in [-0.1, -0.05) is 90.6 Å². The molecule has 0 saturated carbocycles. The van der Waals surface area contributed by atoms with E-state index in [2.05, 4.69) is 35.3 Å². The summed E-state index contributed by atoms with van der Waals surface area (Å²) < 4.78 is 0. The van der Waals surface area contributed by atoms with E-state index in [0.29, 0.717) is 17.4 Å². The molecular formula is C30H21N3OS. The summed E-state index contributed by atoms with van der Waals surface area (Å²) in [7, 11) is 0. The highest BCUT2D eigenvalue weighted by Crippen LogP contribution is 2.33. The molecule has 1 amide bonds. The van der Waals surface area contributed by atoms with Crippen molar-refractivity contribution in [3.8, 4) is 0 Å². The van der Waals surface area contributed by atoms with Crippen LogP contribution in [0.15, 0.2) is 136 Å². The van der Waals surface area contributed by atoms with Crippen LogP contribution in [0.5, 0.6) is 0 Å². The highest BCUT2D eigenvalue weighted by Gasteiger charge is 2.33. The second kappa shape index (κ2) is 9.12. The summed E-state index contributed by atoms with van der Waals surface area (Å²) in [6.07, 6.45) is 1.84. The maximum atomic E-state index is 13.6. The molecule has 4 nitrogen and oxygen atoms in total. The topological polar surface area (TPSA) is 48.5 Å². The van der Waals surface area contributed by atoms with E-state index in [4.69, 9.17) is 4.99 Å². The Kier molecular flexibility index (Phi) is 5.53. The zero-order valence-corrected chi connectivity index (χ0v) is 19.6. The van der Waals surface area contributed by atoms with Crippen LogP contribution in [0.25, 0.3) is 17.0 Å². The third-order valence-corrected chi connectivity index (χ3v) is 6.79. The van der Waals surface area contributed by atoms with Crippen LogP contribution in [0.1, 0.15) is 11.1 Å². The third kappa shape index (κ3) is 4.29. The van der Waals surface area contributed by atoms with Crippen molar-refractivity contribution in [3.63, 3.8) is 0 Å². The molecule has 35 heavy (non-hydrogen) atoms. The molecule has 6 rings (SSSR count). The summed E-state index contributed by atoms with van der Waals surface area (Å²) in [6.45, 7) is 0. The minimum Gasteiger partial charge on any atom is -0.341 e. The largest absolute Gasteiger partial charge is 0.341 e. The lowest BCUT2D eigenvalue weighted by atomic mass is 10.2. The monoisotopic (exact) mass is 471 g/mol. The second-order valence-corrected chi connectivity index (χ2v) is 9.35. The second-order valence-electron chi connectivity index (χ2n) is 8.20. The van der Waals surface area contributed by atoms with Crippen LogP contribution >= 0.6 is 11.8 Å². The number of nitrogens with one attached hydrogen (secondary N) is 1. The molecule has 5 heteroatoms. The average molecular weight is 472 g/mol. The van der Waals surface area contributed by atoms with Gasteiger partial charge in [0, 0.05) is 26.3 Å². The smallest absolute Gasteiger partial charge is 0.283 e. The lowest BCUT2D eigenvalue weighted by Crippen LogP contribution is -2.32. The Hall–Kier alpha value is -4.35. The molecule has 0 saturated heterocycles. The molecule has 0 spiro atoms. The summed E-state index contributed by atoms with van der Waals surface area (Å²) in [5.74, 6) is 1.16. The van der Waals surface area contributed by atoms with E-state index in [-0.39, 0.29) is 5.91 Å². The van der Waals surface area contributed by atoms with Crippen molar-refractivity contribution in [2.45, 2.75) is 9.79 Å². The van der Waals surface area contributed by atoms with Gasteiger partial charge in [0.1, 0.15) is 17.4 Å². The minimum atomic E-state index is -0.154. The van der Waals surface area contributed by atoms with Gasteiger partial charge in [-0.15, -0.1) is 0 Å². The van der Waals surface area contributed by atoms with Crippen LogP contribution < -0.4 is 4.90 Å². The number of benzene rings is 4. The van der Waals surface area contributed by atoms with Crippen molar-refractivity contribution in [2.75, 3.05) is 4.90 Å². The average Bonchev–Trinajstić information content (AvgIpc) is 3.46. The van der Waals surface area contributed by atoms with Gasteiger partial charge < -0.3 is 4.98 Å². The van der Waals surface area contributed by atoms with Crippen molar-refractivity contribution in [1.29, 1.82) is 0 Å². The first-order chi connectivity index (χ1) is 17.2. The molecule has 1 aliphatic heterocycles. The molecule has 1 aromatic heterocycles. The molecule has 4 aromatic carbocycles. The number of amidine groups is 1. The Morgan fingerprint density at radius 1 is 0.743 bits per heavy atom. The van der Waals surface area contributed by atoms with Gasteiger partial charge in [-0.05, 0) is 48.0 Å². The fraction of sp³-hybridized carbons (Fsp3) is 0. The fourth-order valence-electron chi connectivity index (χ4n) is 4.13. The highest BCUT2D eigenvalue weighted by molar-refractivity contribution is 7.99. The van der Waals surface area contributed by atoms with Crippen molar-refractivity contribution in [3.05, 3.63) is 132 Å². The Morgan fingerprint density at radius 3 is 2.17 bits per heavy atom. The normalized spacial score (nSPS) is 14.6. The van der Waals surface area contributed by atoms with Crippen molar-refractivity contribution in [1.82, 2.24) is 4.98 Å². The number of hydrogen-bond donors (Lipinski definition) is 1. The van der Waals surface area contributed by atoms with E-state index in [9.17, 15) is 4.79 Å². The summed E-state index contributed by atoms with van der Waals surface area (Å²) in [4.78, 5) is 25.8. The molecule has 0 bridgehead atoms. The molecule has 0 aliphatic carbocycles. The number of carbonyl (C=O) groups excluding carboxylic acids is 1. The van der Waals surface area contributed by atoms with E-state index < -0.39 is 0 Å². The number of rotatable bonds is 5. The number of anilines is 1. The van der Waals surface area contributed by atoms with E-state index in [1.165, 1.54) is 4.90 Å². The Bertz CT molecular complexity index is 1570. The molecule has 0 radical (unpaired) electrons. The number of hydrogen-bond acceptors (Lipinski definition) is 3. The summed E-state index contributed by atoms with van der Waals surface area (Å²) >= 11 is 1.72. The first-order valence-electron chi connectivity index (χ1n) is 11.4. The van der Waals surface area contributed by atoms with Crippen LogP contribution in [0, 0.1) is 0 Å². The number of fused-ring (bicyclic) bond motifs is 1. The van der Waals surface area contributed by atoms with Crippen molar-refractivity contribution < 1.29 is 4.79 Å². The molecule has 0 atom stereocenters. The summed E-state index contributed by atoms with van der Waals surface area (Å²) in [6, 6.07) is 38.2. The summed E-state index contributed by atoms with van der Waals surface area (Å²) in [5, 5.41) is 1.04. The zero-order chi connectivity index (χ0) is 23.6. The minimum absolute atomic E-state index is 0.154. The van der Waals surface area contributed by atoms with Gasteiger partial charge in [0.15, 0.2) is 0 Å². The highest BCUT2D eigenvalue weighted by atomic mass is 32.2. The van der Waals surface area contributed by atoms with Gasteiger partial charge in [-0.3, -0.25) is 4.79 Å². The van der Waals surface area contributed by atoms with Crippen molar-refractivity contribution in [2.24, 2.45) is 4.99 Å². The number of carbonyl (C=O) groups is 1. The SMILES string of the molecule is O=C1/C(=C/c2ccccc2)N=C(c2ccccc2)N1c1cc2cc(Sc3ccccc3)ccc2[nH]1. The molecule has 168 valence electrons. The van der Waals surface area contributed by atoms with E-state index in [1.807, 2.05) is 91.0 Å². The maximum Gasteiger partial charge on any atom is 0.283 e. The summed E-state index contributed by atoms with van der Waals surface area (Å²) in [5.41, 5.74) is 3.21. The molecular weight excluding hydrogens is 450 g/mol. The van der Waals surface area contributed by atoms with E-state index in [0.717, 1.165) is 26.9 Å². The Labute approximate surface area is 207 Å². The first kappa shape index (κ1) is 21.2. The lowest BCUT2D eigenvalue weighted by molar-refractivity contribution is -0.113. The number of amides is 1. The third-order valence-electron chi connectivity index (χ3n) is 5.79. The molecule has 0 unspecified atom stereocenters. The number of H-pyrrole nitrogens is 1. The quantitative estimate of drug-likeness (QED) is 0.277. The number of aromatic amines is 1. The molecule has 0 fully saturated rings. The molecule has 1 N–H and O–H groups in total. The maximum absolute atomic E-state index is 13.6. The number of aromatic nitrogens is 1. The predicted octanol–water partition coefficient (Wildman–Crippen LogP) is 7.15. The number of aliphatic imine (C=N–C) groups is 1. The van der Waals surface area contributed by atoms with Gasteiger partial charge in [0.05, 0.1) is 0 Å². The zero-order valence-electron chi connectivity index (χ0n) is 18.8. The standard InChI is InChI=1S/C30H21N3OS/c34-30-27(18-21-10-4-1-5-11-21)32-29(22-12-6-2-7-13-22)33(30)28-20-23-19-25(16-17-26(23)31-28)35-24-14-8-3-9-15-24/h1-20,31H/b27-18-. The van der Waals surface area contributed by atoms with Gasteiger partial charge in [-0.2, -0.15) is 0 Å². The van der Waals surface area contributed by atoms with E-state index >= 15 is 0 Å². The van der Waals surface area contributed by atoms with Gasteiger partial charge in [-0.25, -0.2) is 9.89 Å². The number of nitrogens with zero attached hydrogens (tertiary/aromatic N) is 2. The van der Waals surface area contributed by atoms with Gasteiger partial charge in [0.2, 0.25) is 0 Å².